The van der Waals surface area contributed by atoms with Crippen molar-refractivity contribution in [1.29, 1.82) is 0 Å². The second kappa shape index (κ2) is 6.66. The molecule has 2 atom stereocenters. The van der Waals surface area contributed by atoms with Crippen LogP contribution in [-0.4, -0.2) is 43.3 Å². The maximum Gasteiger partial charge on any atom is 0.377 e. The van der Waals surface area contributed by atoms with Gasteiger partial charge in [-0.15, -0.1) is 4.68 Å². The van der Waals surface area contributed by atoms with Gasteiger partial charge in [0.25, 0.3) is 0 Å². The molecule has 0 N–H and O–H groups in total. The number of benzene rings is 1. The Morgan fingerprint density at radius 2 is 1.92 bits per heavy atom. The number of likely N-dealkylation sites (tertiary alicyclic amines) is 1. The Balaban J connectivity index is 1.68. The number of hydrogen-bond donors (Lipinski definition) is 0. The molecule has 2 unspecified atom stereocenters. The first-order valence-electron chi connectivity index (χ1n) is 9.19. The molecule has 2 heterocycles. The summed E-state index contributed by atoms with van der Waals surface area (Å²) in [6.07, 6.45) is 6.45. The molecule has 26 heavy (non-hydrogen) atoms. The molecule has 0 bridgehead atoms. The Labute approximate surface area is 150 Å². The normalized spacial score (nSPS) is 22.9. The van der Waals surface area contributed by atoms with Crippen molar-refractivity contribution < 1.29 is 9.18 Å². The number of piperidine rings is 1. The van der Waals surface area contributed by atoms with Gasteiger partial charge in [0, 0.05) is 12.6 Å². The minimum atomic E-state index is -0.735. The maximum atomic E-state index is 14.2. The summed E-state index contributed by atoms with van der Waals surface area (Å²) in [5, 5.41) is 7.50. The topological polar surface area (TPSA) is 73.0 Å². The summed E-state index contributed by atoms with van der Waals surface area (Å²) in [4.78, 5) is 27.4. The molecule has 1 saturated heterocycles. The molecule has 1 aliphatic heterocycles. The molecule has 0 radical (unpaired) electrons. The number of fused-ring (bicyclic) bond motifs is 1. The number of carbonyl (C=O) groups is 1. The maximum absolute atomic E-state index is 14.2. The third kappa shape index (κ3) is 2.73. The quantitative estimate of drug-likeness (QED) is 0.734. The molecule has 138 valence electrons. The van der Waals surface area contributed by atoms with Gasteiger partial charge in [-0.05, 0) is 60.6 Å². The Morgan fingerprint density at radius 1 is 1.15 bits per heavy atom. The lowest BCUT2D eigenvalue weighted by Crippen LogP contribution is -2.52. The highest BCUT2D eigenvalue weighted by Crippen LogP contribution is 2.35. The minimum Gasteiger partial charge on any atom is -0.319 e. The molecule has 1 amide bonds. The molecule has 1 aromatic heterocycles. The van der Waals surface area contributed by atoms with Gasteiger partial charge in [0.2, 0.25) is 0 Å². The second-order valence-corrected chi connectivity index (χ2v) is 7.22. The van der Waals surface area contributed by atoms with E-state index in [0.717, 1.165) is 41.5 Å². The van der Waals surface area contributed by atoms with E-state index in [1.807, 2.05) is 0 Å². The summed E-state index contributed by atoms with van der Waals surface area (Å²) in [6.45, 7) is 2.31. The van der Waals surface area contributed by atoms with Gasteiger partial charge in [-0.1, -0.05) is 25.0 Å². The van der Waals surface area contributed by atoms with Crippen LogP contribution in [-0.2, 0) is 0 Å². The van der Waals surface area contributed by atoms with Crippen LogP contribution in [0.4, 0.5) is 9.18 Å². The molecular weight excluding hydrogens is 337 g/mol. The van der Waals surface area contributed by atoms with E-state index >= 15 is 0 Å². The molecule has 1 aliphatic carbocycles. The van der Waals surface area contributed by atoms with Crippen molar-refractivity contribution >= 4 is 6.03 Å². The molecule has 8 heteroatoms. The van der Waals surface area contributed by atoms with Crippen molar-refractivity contribution in [2.24, 2.45) is 5.92 Å². The fourth-order valence-electron chi connectivity index (χ4n) is 4.38. The highest BCUT2D eigenvalue weighted by atomic mass is 19.1. The smallest absolute Gasteiger partial charge is 0.319 e. The van der Waals surface area contributed by atoms with Gasteiger partial charge in [-0.2, -0.15) is 4.68 Å². The first-order valence-corrected chi connectivity index (χ1v) is 9.19. The van der Waals surface area contributed by atoms with Gasteiger partial charge in [-0.3, -0.25) is 0 Å². The number of aryl methyl sites for hydroxylation is 1. The number of carbonyl (C=O) groups excluding carboxylic acids is 1. The molecule has 2 aromatic rings. The van der Waals surface area contributed by atoms with Crippen molar-refractivity contribution in [1.82, 2.24) is 24.7 Å². The van der Waals surface area contributed by atoms with Gasteiger partial charge in [0.15, 0.2) is 0 Å². The van der Waals surface area contributed by atoms with E-state index < -0.39 is 17.5 Å². The van der Waals surface area contributed by atoms with Gasteiger partial charge in [0.05, 0.1) is 0 Å². The average molecular weight is 359 g/mol. The molecule has 1 aromatic carbocycles. The van der Waals surface area contributed by atoms with Gasteiger partial charge in [-0.25, -0.2) is 14.0 Å². The lowest BCUT2D eigenvalue weighted by Gasteiger charge is -2.43. The highest BCUT2D eigenvalue weighted by molar-refractivity contribution is 5.76. The van der Waals surface area contributed by atoms with Gasteiger partial charge >= 0.3 is 11.7 Å². The van der Waals surface area contributed by atoms with E-state index in [1.54, 1.807) is 24.0 Å². The summed E-state index contributed by atoms with van der Waals surface area (Å²) in [7, 11) is 0. The molecule has 0 spiro atoms. The van der Waals surface area contributed by atoms with E-state index in [9.17, 15) is 14.0 Å². The molecule has 1 saturated carbocycles. The fourth-order valence-corrected chi connectivity index (χ4v) is 4.38. The molecule has 7 nitrogen and oxygen atoms in total. The second-order valence-electron chi connectivity index (χ2n) is 7.22. The van der Waals surface area contributed by atoms with Crippen LogP contribution >= 0.6 is 0 Å². The van der Waals surface area contributed by atoms with Gasteiger partial charge < -0.3 is 4.90 Å². The van der Waals surface area contributed by atoms with E-state index in [-0.39, 0.29) is 11.7 Å². The van der Waals surface area contributed by atoms with Crippen LogP contribution in [0.2, 0.25) is 0 Å². The third-order valence-corrected chi connectivity index (χ3v) is 5.65. The first-order chi connectivity index (χ1) is 12.6. The van der Waals surface area contributed by atoms with Crippen LogP contribution in [0.15, 0.2) is 23.0 Å². The monoisotopic (exact) mass is 359 g/mol. The van der Waals surface area contributed by atoms with Crippen LogP contribution in [0.25, 0.3) is 5.69 Å². The van der Waals surface area contributed by atoms with Gasteiger partial charge in [0.1, 0.15) is 11.5 Å². The van der Waals surface area contributed by atoms with Crippen molar-refractivity contribution in [3.05, 3.63) is 40.1 Å². The molecule has 2 aliphatic rings. The summed E-state index contributed by atoms with van der Waals surface area (Å²) in [5.41, 5.74) is -0.149. The standard InChI is InChI=1S/C18H22FN5O2/c1-12-6-4-9-14(19)16(12)23-18(26)24(21-20-23)17(25)22-11-5-8-13-7-2-3-10-15(13)22/h4,6,9,13,15H,2-3,5,7-8,10-11H2,1H3. The predicted molar refractivity (Wildman–Crippen MR) is 92.8 cm³/mol. The number of aromatic nitrogens is 4. The fraction of sp³-hybridized carbons (Fsp3) is 0.556. The Hall–Kier alpha value is -2.51. The van der Waals surface area contributed by atoms with Crippen LogP contribution in [0.5, 0.6) is 0 Å². The number of amides is 1. The van der Waals surface area contributed by atoms with Crippen molar-refractivity contribution in [3.63, 3.8) is 0 Å². The van der Waals surface area contributed by atoms with Crippen molar-refractivity contribution in [3.8, 4) is 5.69 Å². The lowest BCUT2D eigenvalue weighted by atomic mass is 9.78. The number of rotatable bonds is 1. The van der Waals surface area contributed by atoms with Crippen LogP contribution < -0.4 is 5.69 Å². The highest BCUT2D eigenvalue weighted by Gasteiger charge is 2.37. The Bertz CT molecular complexity index is 868. The number of halogens is 1. The zero-order valence-corrected chi connectivity index (χ0v) is 14.8. The van der Waals surface area contributed by atoms with Crippen LogP contribution in [0.1, 0.15) is 44.1 Å². The average Bonchev–Trinajstić information content (AvgIpc) is 3.02. The summed E-state index contributed by atoms with van der Waals surface area (Å²) < 4.78 is 15.8. The SMILES string of the molecule is Cc1cccc(F)c1-n1nnn(C(=O)N2CCCC3CCCCC32)c1=O. The number of para-hydroxylation sites is 1. The van der Waals surface area contributed by atoms with E-state index in [4.69, 9.17) is 0 Å². The summed E-state index contributed by atoms with van der Waals surface area (Å²) >= 11 is 0. The summed E-state index contributed by atoms with van der Waals surface area (Å²) in [6, 6.07) is 4.21. The van der Waals surface area contributed by atoms with Crippen molar-refractivity contribution in [2.75, 3.05) is 6.54 Å². The van der Waals surface area contributed by atoms with Crippen molar-refractivity contribution in [2.45, 2.75) is 51.5 Å². The summed E-state index contributed by atoms with van der Waals surface area (Å²) in [5.74, 6) is -0.0714. The Kier molecular flexibility index (Phi) is 4.34. The molecular formula is C18H22FN5O2. The van der Waals surface area contributed by atoms with Crippen LogP contribution in [0.3, 0.4) is 0 Å². The lowest BCUT2D eigenvalue weighted by molar-refractivity contribution is 0.0828. The molecule has 4 rings (SSSR count). The minimum absolute atomic E-state index is 0.0331. The number of tetrazole rings is 1. The number of nitrogens with zero attached hydrogens (tertiary/aromatic N) is 5. The third-order valence-electron chi connectivity index (χ3n) is 5.65. The van der Waals surface area contributed by atoms with E-state index in [2.05, 4.69) is 10.4 Å². The van der Waals surface area contributed by atoms with Crippen LogP contribution in [0, 0.1) is 18.7 Å². The largest absolute Gasteiger partial charge is 0.377 e. The van der Waals surface area contributed by atoms with E-state index in [1.165, 1.54) is 12.5 Å². The number of hydrogen-bond acceptors (Lipinski definition) is 4. The predicted octanol–water partition coefficient (Wildman–Crippen LogP) is 2.50. The molecule has 2 fully saturated rings. The zero-order chi connectivity index (χ0) is 18.3. The van der Waals surface area contributed by atoms with E-state index in [0.29, 0.717) is 18.0 Å². The Morgan fingerprint density at radius 3 is 2.73 bits per heavy atom. The first kappa shape index (κ1) is 16.9. The zero-order valence-electron chi connectivity index (χ0n) is 14.8.